The number of nitro groups is 1. The van der Waals surface area contributed by atoms with Gasteiger partial charge in [-0.2, -0.15) is 0 Å². The zero-order valence-corrected chi connectivity index (χ0v) is 11.1. The van der Waals surface area contributed by atoms with Crippen LogP contribution in [0.3, 0.4) is 0 Å². The van der Waals surface area contributed by atoms with Crippen molar-refractivity contribution in [2.75, 3.05) is 6.61 Å². The van der Waals surface area contributed by atoms with E-state index in [0.717, 1.165) is 0 Å². The van der Waals surface area contributed by atoms with Crippen molar-refractivity contribution in [3.05, 3.63) is 10.1 Å². The van der Waals surface area contributed by atoms with Gasteiger partial charge in [0.05, 0.1) is 0 Å². The molecule has 0 saturated carbocycles. The molecule has 14 heavy (non-hydrogen) atoms. The van der Waals surface area contributed by atoms with E-state index in [0.29, 0.717) is 0 Å². The zero-order chi connectivity index (χ0) is 11.4. The van der Waals surface area contributed by atoms with E-state index >= 15 is 0 Å². The van der Waals surface area contributed by atoms with E-state index < -0.39 is 19.6 Å². The summed E-state index contributed by atoms with van der Waals surface area (Å²) < 4.78 is 2.20. The van der Waals surface area contributed by atoms with E-state index in [9.17, 15) is 14.9 Å². The minimum atomic E-state index is -1.43. The average Bonchev–Trinajstić information content (AvgIpc) is 2.12. The number of carbonyl (C=O) groups excluding carboxylic acids is 1. The van der Waals surface area contributed by atoms with E-state index in [-0.39, 0.29) is 13.0 Å². The summed E-state index contributed by atoms with van der Waals surface area (Å²) in [5.41, 5.74) is 0. The number of halogens is 3. The lowest BCUT2D eigenvalue weighted by Gasteiger charge is -2.16. The second-order valence-electron chi connectivity index (χ2n) is 2.44. The highest BCUT2D eigenvalue weighted by atomic mass is 79.9. The minimum absolute atomic E-state index is 0.197. The molecule has 0 aromatic carbocycles. The fourth-order valence-corrected chi connectivity index (χ4v) is 0.838. The maximum absolute atomic E-state index is 10.9. The van der Waals surface area contributed by atoms with Crippen LogP contribution in [0.5, 0.6) is 0 Å². The number of hydrogen-bond donors (Lipinski definition) is 0. The monoisotopic (exact) mass is 351 g/mol. The van der Waals surface area contributed by atoms with Crippen molar-refractivity contribution in [3.63, 3.8) is 0 Å². The van der Waals surface area contributed by atoms with Gasteiger partial charge in [-0.1, -0.05) is 34.5 Å². The molecule has 82 valence electrons. The third kappa shape index (κ3) is 4.10. The summed E-state index contributed by atoms with van der Waals surface area (Å²) in [6.45, 7) is 1.25. The summed E-state index contributed by atoms with van der Waals surface area (Å²) in [6, 6.07) is 0. The molecule has 0 aliphatic heterocycles. The molecule has 0 aromatic rings. The summed E-state index contributed by atoms with van der Waals surface area (Å²) >= 11 is 11.0. The first kappa shape index (κ1) is 14.1. The zero-order valence-electron chi connectivity index (χ0n) is 7.21. The summed E-state index contributed by atoms with van der Waals surface area (Å²) in [5.74, 6) is -0.745. The van der Waals surface area contributed by atoms with Crippen LogP contribution in [0.2, 0.25) is 0 Å². The summed E-state index contributed by atoms with van der Waals surface area (Å²) in [5, 5.41) is 10.6. The summed E-state index contributed by atoms with van der Waals surface area (Å²) in [4.78, 5) is 20.9. The van der Waals surface area contributed by atoms with Crippen molar-refractivity contribution in [2.45, 2.75) is 22.1 Å². The lowest BCUT2D eigenvalue weighted by Crippen LogP contribution is -2.37. The molecule has 0 amide bonds. The van der Waals surface area contributed by atoms with Gasteiger partial charge in [0.1, 0.15) is 0 Å². The molecule has 0 fully saturated rings. The number of ether oxygens (including phenoxy) is 1. The Kier molecular flexibility index (Phi) is 5.92. The van der Waals surface area contributed by atoms with Crippen LogP contribution in [0.15, 0.2) is 0 Å². The van der Waals surface area contributed by atoms with Crippen LogP contribution in [-0.4, -0.2) is 26.2 Å². The molecule has 0 heterocycles. The quantitative estimate of drug-likeness (QED) is 0.250. The first-order valence-electron chi connectivity index (χ1n) is 3.61. The molecule has 0 aliphatic carbocycles. The van der Waals surface area contributed by atoms with Crippen LogP contribution in [0.4, 0.5) is 0 Å². The maximum Gasteiger partial charge on any atom is 0.335 e. The number of carbonyl (C=O) groups is 1. The Morgan fingerprint density at radius 3 is 2.57 bits per heavy atom. The molecule has 0 saturated heterocycles. The predicted octanol–water partition coefficient (Wildman–Crippen LogP) is 2.27. The Morgan fingerprint density at radius 2 is 2.29 bits per heavy atom. The first-order chi connectivity index (χ1) is 6.33. The van der Waals surface area contributed by atoms with Gasteiger partial charge < -0.3 is 4.74 Å². The van der Waals surface area contributed by atoms with Crippen molar-refractivity contribution in [3.8, 4) is 0 Å². The molecule has 2 unspecified atom stereocenters. The largest absolute Gasteiger partial charge is 0.455 e. The Balaban J connectivity index is 4.22. The second-order valence-corrected chi connectivity index (χ2v) is 5.79. The molecule has 2 atom stereocenters. The smallest absolute Gasteiger partial charge is 0.335 e. The van der Waals surface area contributed by atoms with Gasteiger partial charge in [-0.05, 0) is 0 Å². The van der Waals surface area contributed by atoms with E-state index in [1.54, 1.807) is 6.92 Å². The van der Waals surface area contributed by atoms with Crippen LogP contribution >= 0.6 is 43.5 Å². The number of nitrogens with zero attached hydrogens (tertiary/aromatic N) is 1. The minimum Gasteiger partial charge on any atom is -0.455 e. The van der Waals surface area contributed by atoms with Crippen LogP contribution in [0.25, 0.3) is 0 Å². The third-order valence-corrected chi connectivity index (χ3v) is 3.11. The molecule has 0 bridgehead atoms. The van der Waals surface area contributed by atoms with Crippen molar-refractivity contribution < 1.29 is 14.5 Å². The average molecular weight is 353 g/mol. The van der Waals surface area contributed by atoms with Gasteiger partial charge in [0, 0.05) is 27.3 Å². The Morgan fingerprint density at radius 1 is 1.79 bits per heavy atom. The van der Waals surface area contributed by atoms with Gasteiger partial charge in [0.25, 0.3) is 0 Å². The lowest BCUT2D eigenvalue weighted by molar-refractivity contribution is -0.538. The van der Waals surface area contributed by atoms with Crippen LogP contribution in [0.1, 0.15) is 13.3 Å². The Hall–Kier alpha value is 0.120. The highest BCUT2D eigenvalue weighted by Crippen LogP contribution is 2.24. The van der Waals surface area contributed by atoms with Gasteiger partial charge in [0.15, 0.2) is 10.9 Å². The maximum atomic E-state index is 10.9. The molecular formula is C6H8Br2ClNO4. The standard InChI is InChI=1S/C6H8Br2ClNO4/c1-2-6(8,10(12)13)3-14-5(11)4(7)9/h4H,2-3H2,1H3. The van der Waals surface area contributed by atoms with Crippen molar-refractivity contribution >= 4 is 49.4 Å². The van der Waals surface area contributed by atoms with E-state index in [4.69, 9.17) is 11.6 Å². The Labute approximate surface area is 103 Å². The number of hydrogen-bond acceptors (Lipinski definition) is 4. The Bertz CT molecular complexity index is 238. The molecule has 0 aromatic heterocycles. The second kappa shape index (κ2) is 5.87. The predicted molar refractivity (Wildman–Crippen MR) is 58.5 cm³/mol. The lowest BCUT2D eigenvalue weighted by atomic mass is 10.2. The van der Waals surface area contributed by atoms with Crippen molar-refractivity contribution in [2.24, 2.45) is 0 Å². The highest BCUT2D eigenvalue weighted by molar-refractivity contribution is 9.10. The van der Waals surface area contributed by atoms with E-state index in [1.807, 2.05) is 0 Å². The van der Waals surface area contributed by atoms with Gasteiger partial charge in [-0.15, -0.1) is 0 Å². The van der Waals surface area contributed by atoms with E-state index in [1.165, 1.54) is 0 Å². The number of alkyl halides is 3. The van der Waals surface area contributed by atoms with Gasteiger partial charge in [0.2, 0.25) is 0 Å². The summed E-state index contributed by atoms with van der Waals surface area (Å²) in [6.07, 6.45) is 0.197. The van der Waals surface area contributed by atoms with E-state index in [2.05, 4.69) is 36.6 Å². The van der Waals surface area contributed by atoms with Gasteiger partial charge in [-0.3, -0.25) is 10.1 Å². The van der Waals surface area contributed by atoms with Crippen LogP contribution in [0, 0.1) is 10.1 Å². The molecule has 0 radical (unpaired) electrons. The summed E-state index contributed by atoms with van der Waals surface area (Å²) in [7, 11) is 0. The molecule has 0 N–H and O–H groups in total. The fourth-order valence-electron chi connectivity index (χ4n) is 0.529. The fraction of sp³-hybridized carbons (Fsp3) is 0.833. The number of esters is 1. The van der Waals surface area contributed by atoms with Crippen molar-refractivity contribution in [1.82, 2.24) is 0 Å². The molecular weight excluding hydrogens is 345 g/mol. The van der Waals surface area contributed by atoms with Gasteiger partial charge in [-0.25, -0.2) is 4.79 Å². The van der Waals surface area contributed by atoms with Crippen LogP contribution < -0.4 is 0 Å². The third-order valence-electron chi connectivity index (χ3n) is 1.48. The normalized spacial score (nSPS) is 16.9. The SMILES string of the molecule is CCC(Br)(COC(=O)C(Cl)Br)[N+](=O)[O-]. The molecule has 5 nitrogen and oxygen atoms in total. The molecule has 8 heteroatoms. The molecule has 0 spiro atoms. The topological polar surface area (TPSA) is 69.4 Å². The van der Waals surface area contributed by atoms with Crippen molar-refractivity contribution in [1.29, 1.82) is 0 Å². The first-order valence-corrected chi connectivity index (χ1v) is 5.76. The highest BCUT2D eigenvalue weighted by Gasteiger charge is 2.39. The van der Waals surface area contributed by atoms with Gasteiger partial charge >= 0.3 is 10.4 Å². The molecule has 0 rings (SSSR count). The molecule has 0 aliphatic rings. The van der Waals surface area contributed by atoms with Crippen LogP contribution in [-0.2, 0) is 9.53 Å². The number of rotatable bonds is 5.